The van der Waals surface area contributed by atoms with Crippen LogP contribution in [-0.4, -0.2) is 11.7 Å². The summed E-state index contributed by atoms with van der Waals surface area (Å²) in [5, 5.41) is 0. The van der Waals surface area contributed by atoms with Crippen molar-refractivity contribution < 1.29 is 4.28 Å². The molecule has 0 spiro atoms. The SMILES string of the molecule is C=S1N=C(C(C)C)NO1. The first kappa shape index (κ1) is 6.77. The molecule has 0 fully saturated rings. The van der Waals surface area contributed by atoms with E-state index in [0.717, 1.165) is 5.84 Å². The molecule has 0 bridgehead atoms. The van der Waals surface area contributed by atoms with Crippen LogP contribution in [0.1, 0.15) is 13.8 Å². The molecule has 1 N–H and O–H groups in total. The van der Waals surface area contributed by atoms with E-state index in [1.165, 1.54) is 0 Å². The first-order valence-corrected chi connectivity index (χ1v) is 4.03. The first-order valence-electron chi connectivity index (χ1n) is 2.76. The highest BCUT2D eigenvalue weighted by Gasteiger charge is 2.11. The van der Waals surface area contributed by atoms with Gasteiger partial charge in [-0.2, -0.15) is 8.68 Å². The van der Waals surface area contributed by atoms with E-state index in [1.807, 2.05) is 0 Å². The van der Waals surface area contributed by atoms with Crippen LogP contribution in [0.3, 0.4) is 0 Å². The molecule has 0 saturated carbocycles. The van der Waals surface area contributed by atoms with Gasteiger partial charge in [-0.15, -0.1) is 0 Å². The first-order chi connectivity index (χ1) is 4.20. The van der Waals surface area contributed by atoms with Crippen LogP contribution in [0.25, 0.3) is 0 Å². The van der Waals surface area contributed by atoms with Gasteiger partial charge in [-0.1, -0.05) is 13.8 Å². The van der Waals surface area contributed by atoms with Crippen molar-refractivity contribution in [2.75, 3.05) is 0 Å². The van der Waals surface area contributed by atoms with E-state index in [4.69, 9.17) is 4.28 Å². The van der Waals surface area contributed by atoms with E-state index in [-0.39, 0.29) is 0 Å². The van der Waals surface area contributed by atoms with Crippen LogP contribution in [-0.2, 0) is 4.28 Å². The van der Waals surface area contributed by atoms with Crippen LogP contribution in [0.4, 0.5) is 0 Å². The van der Waals surface area contributed by atoms with Crippen LogP contribution in [0.15, 0.2) is 4.40 Å². The Morgan fingerprint density at radius 3 is 2.67 bits per heavy atom. The van der Waals surface area contributed by atoms with Gasteiger partial charge in [0.2, 0.25) is 0 Å². The quantitative estimate of drug-likeness (QED) is 0.562. The molecule has 4 heteroatoms. The molecule has 0 radical (unpaired) electrons. The Balaban J connectivity index is 2.62. The Morgan fingerprint density at radius 1 is 1.78 bits per heavy atom. The Morgan fingerprint density at radius 2 is 2.44 bits per heavy atom. The summed E-state index contributed by atoms with van der Waals surface area (Å²) in [6.07, 6.45) is 0. The molecule has 0 amide bonds. The number of nitrogens with one attached hydrogen (secondary N) is 1. The molecule has 1 aliphatic heterocycles. The van der Waals surface area contributed by atoms with Crippen molar-refractivity contribution >= 4 is 22.7 Å². The van der Waals surface area contributed by atoms with E-state index >= 15 is 0 Å². The fourth-order valence-electron chi connectivity index (χ4n) is 0.461. The highest BCUT2D eigenvalue weighted by Crippen LogP contribution is 2.18. The Bertz CT molecular complexity index is 164. The van der Waals surface area contributed by atoms with E-state index in [2.05, 4.69) is 29.6 Å². The van der Waals surface area contributed by atoms with Crippen molar-refractivity contribution in [3.63, 3.8) is 0 Å². The van der Waals surface area contributed by atoms with Crippen LogP contribution in [0.2, 0.25) is 0 Å². The number of hydroxylamine groups is 1. The van der Waals surface area contributed by atoms with E-state index < -0.39 is 11.0 Å². The van der Waals surface area contributed by atoms with E-state index in [9.17, 15) is 0 Å². The second-order valence-corrected chi connectivity index (χ2v) is 3.13. The molecule has 0 aromatic rings. The molecule has 52 valence electrons. The van der Waals surface area contributed by atoms with Crippen molar-refractivity contribution in [1.29, 1.82) is 0 Å². The standard InChI is InChI=1S/C5H10N2OS/c1-4(2)5-6-8-9(3)7-5/h4H,3H2,1-2H3,(H,6,7). The molecule has 1 aliphatic rings. The van der Waals surface area contributed by atoms with Gasteiger partial charge < -0.3 is 0 Å². The second kappa shape index (κ2) is 2.49. The number of amidine groups is 1. The molecule has 0 aromatic heterocycles. The third-order valence-electron chi connectivity index (χ3n) is 0.989. The lowest BCUT2D eigenvalue weighted by Gasteiger charge is -2.00. The van der Waals surface area contributed by atoms with Gasteiger partial charge in [0.1, 0.15) is 5.84 Å². The van der Waals surface area contributed by atoms with Gasteiger partial charge in [0.15, 0.2) is 0 Å². The summed E-state index contributed by atoms with van der Waals surface area (Å²) in [7, 11) is -0.497. The smallest absolute Gasteiger partial charge is 0.139 e. The number of hydrogen-bond donors (Lipinski definition) is 1. The van der Waals surface area contributed by atoms with E-state index in [1.54, 1.807) is 0 Å². The normalized spacial score (nSPS) is 26.1. The highest BCUT2D eigenvalue weighted by atomic mass is 32.2. The van der Waals surface area contributed by atoms with E-state index in [0.29, 0.717) is 5.92 Å². The van der Waals surface area contributed by atoms with Crippen molar-refractivity contribution in [2.24, 2.45) is 10.3 Å². The largest absolute Gasteiger partial charge is 0.238 e. The lowest BCUT2D eigenvalue weighted by atomic mass is 10.2. The van der Waals surface area contributed by atoms with Gasteiger partial charge in [-0.3, -0.25) is 0 Å². The predicted octanol–water partition coefficient (Wildman–Crippen LogP) is 1.11. The summed E-state index contributed by atoms with van der Waals surface area (Å²) in [4.78, 5) is 0. The number of hydrogen-bond acceptors (Lipinski definition) is 3. The summed E-state index contributed by atoms with van der Waals surface area (Å²) in [6, 6.07) is 0. The Hall–Kier alpha value is -0.350. The minimum absolute atomic E-state index is 0.407. The lowest BCUT2D eigenvalue weighted by molar-refractivity contribution is 0.319. The lowest BCUT2D eigenvalue weighted by Crippen LogP contribution is -2.21. The molecule has 0 aromatic carbocycles. The maximum atomic E-state index is 4.89. The molecule has 3 nitrogen and oxygen atoms in total. The third-order valence-corrected chi connectivity index (χ3v) is 1.67. The van der Waals surface area contributed by atoms with Crippen LogP contribution in [0, 0.1) is 5.92 Å². The fourth-order valence-corrected chi connectivity index (χ4v) is 1.15. The molecule has 1 rings (SSSR count). The zero-order chi connectivity index (χ0) is 6.85. The Kier molecular flexibility index (Phi) is 1.87. The highest BCUT2D eigenvalue weighted by molar-refractivity contribution is 8.09. The number of nitrogens with zero attached hydrogens (tertiary/aromatic N) is 1. The molecular weight excluding hydrogens is 136 g/mol. The van der Waals surface area contributed by atoms with Crippen LogP contribution >= 0.6 is 11.0 Å². The minimum atomic E-state index is -0.497. The summed E-state index contributed by atoms with van der Waals surface area (Å²) < 4.78 is 8.98. The topological polar surface area (TPSA) is 33.6 Å². The van der Waals surface area contributed by atoms with Crippen molar-refractivity contribution in [1.82, 2.24) is 5.48 Å². The summed E-state index contributed by atoms with van der Waals surface area (Å²) in [5.74, 6) is 4.93. The molecule has 1 atom stereocenters. The zero-order valence-electron chi connectivity index (χ0n) is 5.55. The van der Waals surface area contributed by atoms with Crippen molar-refractivity contribution in [3.8, 4) is 0 Å². The van der Waals surface area contributed by atoms with Crippen LogP contribution < -0.4 is 5.48 Å². The molecule has 0 saturated heterocycles. The van der Waals surface area contributed by atoms with Gasteiger partial charge in [-0.25, -0.2) is 5.48 Å². The minimum Gasteiger partial charge on any atom is -0.238 e. The number of rotatable bonds is 1. The maximum Gasteiger partial charge on any atom is 0.139 e. The van der Waals surface area contributed by atoms with Crippen LogP contribution in [0.5, 0.6) is 0 Å². The van der Waals surface area contributed by atoms with Crippen molar-refractivity contribution in [3.05, 3.63) is 0 Å². The van der Waals surface area contributed by atoms with Gasteiger partial charge in [0, 0.05) is 5.92 Å². The fraction of sp³-hybridized carbons (Fsp3) is 0.600. The molecule has 9 heavy (non-hydrogen) atoms. The van der Waals surface area contributed by atoms with Gasteiger partial charge in [0.05, 0.1) is 11.0 Å². The average molecular weight is 146 g/mol. The third kappa shape index (κ3) is 1.53. The predicted molar refractivity (Wildman–Crippen MR) is 41.2 cm³/mol. The summed E-state index contributed by atoms with van der Waals surface area (Å²) >= 11 is 0. The molecular formula is C5H10N2OS. The van der Waals surface area contributed by atoms with Gasteiger partial charge in [-0.05, 0) is 5.87 Å². The molecule has 0 aliphatic carbocycles. The summed E-state index contributed by atoms with van der Waals surface area (Å²) in [6.45, 7) is 4.11. The zero-order valence-corrected chi connectivity index (χ0v) is 6.36. The molecule has 1 heterocycles. The Labute approximate surface area is 57.3 Å². The second-order valence-electron chi connectivity index (χ2n) is 2.14. The monoisotopic (exact) mass is 146 g/mol. The van der Waals surface area contributed by atoms with Gasteiger partial charge >= 0.3 is 0 Å². The summed E-state index contributed by atoms with van der Waals surface area (Å²) in [5.41, 5.74) is 2.71. The van der Waals surface area contributed by atoms with Crippen molar-refractivity contribution in [2.45, 2.75) is 13.8 Å². The maximum absolute atomic E-state index is 4.89. The molecule has 1 unspecified atom stereocenters. The average Bonchev–Trinajstić information content (AvgIpc) is 2.14. The van der Waals surface area contributed by atoms with Gasteiger partial charge in [0.25, 0.3) is 0 Å².